The molecular formula is C26H29Cl2N5O3S2. The lowest BCUT2D eigenvalue weighted by atomic mass is 9.93. The van der Waals surface area contributed by atoms with E-state index in [1.54, 1.807) is 6.07 Å². The number of anilines is 2. The molecule has 8 nitrogen and oxygen atoms in total. The highest BCUT2D eigenvalue weighted by Crippen LogP contribution is 2.37. The summed E-state index contributed by atoms with van der Waals surface area (Å²) in [4.78, 5) is 38.4. The Labute approximate surface area is 239 Å². The second-order valence-electron chi connectivity index (χ2n) is 9.43. The van der Waals surface area contributed by atoms with Crippen LogP contribution < -0.4 is 15.5 Å². The monoisotopic (exact) mass is 593 g/mol. The zero-order valence-electron chi connectivity index (χ0n) is 21.0. The van der Waals surface area contributed by atoms with Gasteiger partial charge in [0.2, 0.25) is 0 Å². The van der Waals surface area contributed by atoms with E-state index in [2.05, 4.69) is 15.6 Å². The molecule has 202 valence electrons. The lowest BCUT2D eigenvalue weighted by Crippen LogP contribution is -2.37. The van der Waals surface area contributed by atoms with Crippen molar-refractivity contribution < 1.29 is 14.3 Å². The molecule has 0 aromatic carbocycles. The van der Waals surface area contributed by atoms with Gasteiger partial charge in [0, 0.05) is 42.1 Å². The van der Waals surface area contributed by atoms with Gasteiger partial charge in [0.1, 0.15) is 5.82 Å². The number of esters is 1. The van der Waals surface area contributed by atoms with Gasteiger partial charge in [0.05, 0.1) is 38.7 Å². The minimum Gasteiger partial charge on any atom is -0.466 e. The van der Waals surface area contributed by atoms with Crippen LogP contribution in [0.15, 0.2) is 23.7 Å². The van der Waals surface area contributed by atoms with E-state index in [4.69, 9.17) is 32.9 Å². The summed E-state index contributed by atoms with van der Waals surface area (Å²) in [6.07, 6.45) is 6.53. The first-order chi connectivity index (χ1) is 18.4. The Balaban J connectivity index is 1.25. The van der Waals surface area contributed by atoms with Crippen molar-refractivity contribution in [3.05, 3.63) is 44.2 Å². The first kappa shape index (κ1) is 27.3. The lowest BCUT2D eigenvalue weighted by Gasteiger charge is -2.32. The molecule has 1 saturated heterocycles. The van der Waals surface area contributed by atoms with Gasteiger partial charge in [-0.05, 0) is 44.7 Å². The summed E-state index contributed by atoms with van der Waals surface area (Å²) >= 11 is 15.7. The summed E-state index contributed by atoms with van der Waals surface area (Å²) in [6, 6.07) is 4.07. The van der Waals surface area contributed by atoms with Gasteiger partial charge in [-0.2, -0.15) is 0 Å². The molecule has 3 aromatic rings. The van der Waals surface area contributed by atoms with Crippen molar-refractivity contribution in [1.29, 1.82) is 0 Å². The van der Waals surface area contributed by atoms with E-state index in [0.29, 0.717) is 71.7 Å². The van der Waals surface area contributed by atoms with E-state index < -0.39 is 0 Å². The number of nitrogens with one attached hydrogen (secondary N) is 2. The molecule has 0 unspecified atom stereocenters. The minimum atomic E-state index is -0.324. The molecule has 5 rings (SSSR count). The number of carbonyl (C=O) groups excluding carboxylic acids is 2. The van der Waals surface area contributed by atoms with Crippen LogP contribution in [-0.2, 0) is 16.1 Å². The normalized spacial score (nSPS) is 16.3. The SMILES string of the molecule is CCOC(=O)C1CCN(c2ncc(C(=O)Nc3nc(-c4cc(Cl)cs4)c(CNC4CCC4)s3)cc2Cl)CC1. The fourth-order valence-corrected chi connectivity index (χ4v) is 6.91. The maximum atomic E-state index is 13.1. The zero-order chi connectivity index (χ0) is 26.6. The molecule has 0 atom stereocenters. The highest BCUT2D eigenvalue weighted by Gasteiger charge is 2.28. The predicted octanol–water partition coefficient (Wildman–Crippen LogP) is 6.25. The Morgan fingerprint density at radius 3 is 2.61 bits per heavy atom. The lowest BCUT2D eigenvalue weighted by molar-refractivity contribution is -0.148. The molecule has 2 aliphatic rings. The van der Waals surface area contributed by atoms with Gasteiger partial charge in [-0.25, -0.2) is 9.97 Å². The molecule has 0 bridgehead atoms. The van der Waals surface area contributed by atoms with Crippen LogP contribution in [0.3, 0.4) is 0 Å². The summed E-state index contributed by atoms with van der Waals surface area (Å²) in [5.74, 6) is 0.0425. The van der Waals surface area contributed by atoms with Gasteiger partial charge < -0.3 is 15.0 Å². The Hall–Kier alpha value is -2.24. The van der Waals surface area contributed by atoms with Gasteiger partial charge in [-0.1, -0.05) is 41.0 Å². The van der Waals surface area contributed by atoms with Crippen molar-refractivity contribution in [3.63, 3.8) is 0 Å². The average Bonchev–Trinajstić information content (AvgIpc) is 3.49. The molecule has 2 fully saturated rings. The molecule has 4 heterocycles. The number of piperidine rings is 1. The number of pyridine rings is 1. The summed E-state index contributed by atoms with van der Waals surface area (Å²) in [5.41, 5.74) is 1.19. The van der Waals surface area contributed by atoms with E-state index in [-0.39, 0.29) is 17.8 Å². The minimum absolute atomic E-state index is 0.0998. The largest absolute Gasteiger partial charge is 0.466 e. The van der Waals surface area contributed by atoms with E-state index in [1.165, 1.54) is 48.1 Å². The third-order valence-electron chi connectivity index (χ3n) is 6.87. The predicted molar refractivity (Wildman–Crippen MR) is 154 cm³/mol. The zero-order valence-corrected chi connectivity index (χ0v) is 24.1. The van der Waals surface area contributed by atoms with Crippen molar-refractivity contribution in [2.45, 2.75) is 51.6 Å². The molecule has 1 aliphatic heterocycles. The number of aromatic nitrogens is 2. The Morgan fingerprint density at radius 2 is 1.97 bits per heavy atom. The number of amides is 1. The topological polar surface area (TPSA) is 96.5 Å². The molecule has 1 aliphatic carbocycles. The maximum absolute atomic E-state index is 13.1. The number of carbonyl (C=O) groups is 2. The molecule has 2 N–H and O–H groups in total. The standard InChI is InChI=1S/C26H29Cl2N5O3S2/c1-2-36-25(35)15-6-8-33(9-7-15)23-19(28)10-16(12-30-23)24(34)32-26-31-22(20-11-17(27)14-37-20)21(38-26)13-29-18-4-3-5-18/h10-12,14-15,18,29H,2-9,13H2,1H3,(H,31,32,34). The van der Waals surface area contributed by atoms with E-state index in [9.17, 15) is 9.59 Å². The molecule has 0 spiro atoms. The number of thiazole rings is 1. The van der Waals surface area contributed by atoms with Crippen LogP contribution in [0, 0.1) is 5.92 Å². The highest BCUT2D eigenvalue weighted by atomic mass is 35.5. The van der Waals surface area contributed by atoms with Crippen LogP contribution in [0.25, 0.3) is 10.6 Å². The first-order valence-corrected chi connectivity index (χ1v) is 15.2. The smallest absolute Gasteiger partial charge is 0.309 e. The number of ether oxygens (including phenoxy) is 1. The molecule has 38 heavy (non-hydrogen) atoms. The number of hydrogen-bond acceptors (Lipinski definition) is 9. The number of hydrogen-bond donors (Lipinski definition) is 2. The summed E-state index contributed by atoms with van der Waals surface area (Å²) in [5, 5.41) is 9.96. The summed E-state index contributed by atoms with van der Waals surface area (Å²) < 4.78 is 5.15. The van der Waals surface area contributed by atoms with Crippen LogP contribution in [-0.4, -0.2) is 47.6 Å². The average molecular weight is 595 g/mol. The molecule has 1 amide bonds. The number of rotatable bonds is 9. The fraction of sp³-hybridized carbons (Fsp3) is 0.462. The van der Waals surface area contributed by atoms with Crippen LogP contribution >= 0.6 is 45.9 Å². The number of halogens is 2. The van der Waals surface area contributed by atoms with E-state index in [0.717, 1.165) is 15.4 Å². The van der Waals surface area contributed by atoms with E-state index >= 15 is 0 Å². The molecule has 0 radical (unpaired) electrons. The molecular weight excluding hydrogens is 565 g/mol. The second kappa shape index (κ2) is 12.3. The van der Waals surface area contributed by atoms with Crippen molar-refractivity contribution in [3.8, 4) is 10.6 Å². The Morgan fingerprint density at radius 1 is 1.18 bits per heavy atom. The first-order valence-electron chi connectivity index (χ1n) is 12.8. The van der Waals surface area contributed by atoms with Crippen molar-refractivity contribution in [2.75, 3.05) is 29.9 Å². The maximum Gasteiger partial charge on any atom is 0.309 e. The van der Waals surface area contributed by atoms with Gasteiger partial charge in [0.25, 0.3) is 5.91 Å². The number of thiophene rings is 1. The van der Waals surface area contributed by atoms with Crippen LogP contribution in [0.4, 0.5) is 10.9 Å². The van der Waals surface area contributed by atoms with Gasteiger partial charge in [-0.3, -0.25) is 14.9 Å². The Bertz CT molecular complexity index is 1300. The second-order valence-corrected chi connectivity index (χ2v) is 12.3. The fourth-order valence-electron chi connectivity index (χ4n) is 4.55. The molecule has 1 saturated carbocycles. The van der Waals surface area contributed by atoms with E-state index in [1.807, 2.05) is 23.3 Å². The third-order valence-corrected chi connectivity index (χ3v) is 9.41. The molecule has 3 aromatic heterocycles. The van der Waals surface area contributed by atoms with Crippen molar-refractivity contribution >= 4 is 68.7 Å². The quantitative estimate of drug-likeness (QED) is 0.283. The van der Waals surface area contributed by atoms with Crippen molar-refractivity contribution in [1.82, 2.24) is 15.3 Å². The third kappa shape index (κ3) is 6.31. The van der Waals surface area contributed by atoms with Gasteiger partial charge in [0.15, 0.2) is 5.13 Å². The van der Waals surface area contributed by atoms with Gasteiger partial charge >= 0.3 is 5.97 Å². The number of nitrogens with zero attached hydrogens (tertiary/aromatic N) is 3. The summed E-state index contributed by atoms with van der Waals surface area (Å²) in [6.45, 7) is 4.19. The van der Waals surface area contributed by atoms with Crippen LogP contribution in [0.5, 0.6) is 0 Å². The molecule has 12 heteroatoms. The van der Waals surface area contributed by atoms with Gasteiger partial charge in [-0.15, -0.1) is 11.3 Å². The highest BCUT2D eigenvalue weighted by molar-refractivity contribution is 7.17. The summed E-state index contributed by atoms with van der Waals surface area (Å²) in [7, 11) is 0. The Kier molecular flexibility index (Phi) is 8.84. The van der Waals surface area contributed by atoms with Crippen LogP contribution in [0.2, 0.25) is 10.0 Å². The van der Waals surface area contributed by atoms with Crippen LogP contribution in [0.1, 0.15) is 54.3 Å². The van der Waals surface area contributed by atoms with Crippen molar-refractivity contribution in [2.24, 2.45) is 5.92 Å².